The summed E-state index contributed by atoms with van der Waals surface area (Å²) < 4.78 is 5.32. The van der Waals surface area contributed by atoms with Gasteiger partial charge in [-0.25, -0.2) is 4.98 Å². The van der Waals surface area contributed by atoms with Gasteiger partial charge in [-0.2, -0.15) is 0 Å². The van der Waals surface area contributed by atoms with Crippen LogP contribution in [0, 0.1) is 0 Å². The Kier molecular flexibility index (Phi) is 3.94. The summed E-state index contributed by atoms with van der Waals surface area (Å²) in [5.41, 5.74) is 1.17. The molecule has 1 aliphatic heterocycles. The lowest BCUT2D eigenvalue weighted by Gasteiger charge is -2.27. The fourth-order valence-corrected chi connectivity index (χ4v) is 1.73. The van der Waals surface area contributed by atoms with Gasteiger partial charge in [0.1, 0.15) is 5.82 Å². The van der Waals surface area contributed by atoms with Crippen LogP contribution in [-0.4, -0.2) is 31.3 Å². The fourth-order valence-electron chi connectivity index (χ4n) is 1.73. The number of hydrogen-bond acceptors (Lipinski definition) is 3. The third-order valence-corrected chi connectivity index (χ3v) is 2.65. The van der Waals surface area contributed by atoms with Gasteiger partial charge in [0.25, 0.3) is 0 Å². The number of allylic oxidation sites excluding steroid dienone is 1. The molecule has 0 atom stereocenters. The van der Waals surface area contributed by atoms with Crippen LogP contribution >= 0.6 is 0 Å². The Morgan fingerprint density at radius 1 is 1.38 bits per heavy atom. The predicted octanol–water partition coefficient (Wildman–Crippen LogP) is 2.34. The van der Waals surface area contributed by atoms with Gasteiger partial charge >= 0.3 is 0 Å². The maximum Gasteiger partial charge on any atom is 0.128 e. The Bertz CT molecular complexity index is 339. The van der Waals surface area contributed by atoms with Crippen molar-refractivity contribution in [1.82, 2.24) is 4.98 Å². The van der Waals surface area contributed by atoms with Crippen LogP contribution in [0.5, 0.6) is 0 Å². The molecule has 0 spiro atoms. The fraction of sp³-hybridized carbons (Fsp3) is 0.462. The summed E-state index contributed by atoms with van der Waals surface area (Å²) in [6.07, 6.45) is 7.24. The molecule has 3 heteroatoms. The Morgan fingerprint density at radius 2 is 2.19 bits per heavy atom. The highest BCUT2D eigenvalue weighted by Gasteiger charge is 2.11. The first-order valence-electron chi connectivity index (χ1n) is 5.85. The van der Waals surface area contributed by atoms with Crippen LogP contribution < -0.4 is 4.90 Å². The van der Waals surface area contributed by atoms with Gasteiger partial charge in [0.05, 0.1) is 13.2 Å². The second-order valence-corrected chi connectivity index (χ2v) is 3.86. The van der Waals surface area contributed by atoms with E-state index in [0.29, 0.717) is 0 Å². The summed E-state index contributed by atoms with van der Waals surface area (Å²) in [5, 5.41) is 0. The van der Waals surface area contributed by atoms with E-state index in [9.17, 15) is 0 Å². The van der Waals surface area contributed by atoms with Crippen molar-refractivity contribution in [1.29, 1.82) is 0 Å². The SMILES string of the molecule is CC/C=C/c1ccc(N2CCOCC2)nc1. The topological polar surface area (TPSA) is 25.4 Å². The van der Waals surface area contributed by atoms with E-state index < -0.39 is 0 Å². The van der Waals surface area contributed by atoms with Crippen molar-refractivity contribution in [3.8, 4) is 0 Å². The van der Waals surface area contributed by atoms with Crippen LogP contribution in [0.1, 0.15) is 18.9 Å². The van der Waals surface area contributed by atoms with Crippen molar-refractivity contribution < 1.29 is 4.74 Å². The maximum absolute atomic E-state index is 5.32. The molecule has 0 N–H and O–H groups in total. The van der Waals surface area contributed by atoms with Crippen LogP contribution in [0.4, 0.5) is 5.82 Å². The van der Waals surface area contributed by atoms with Gasteiger partial charge in [0.15, 0.2) is 0 Å². The zero-order valence-corrected chi connectivity index (χ0v) is 9.72. The summed E-state index contributed by atoms with van der Waals surface area (Å²) >= 11 is 0. The Labute approximate surface area is 96.7 Å². The second kappa shape index (κ2) is 5.66. The molecule has 1 aromatic heterocycles. The summed E-state index contributed by atoms with van der Waals surface area (Å²) in [4.78, 5) is 6.74. The highest BCUT2D eigenvalue weighted by molar-refractivity contribution is 5.51. The molecule has 0 unspecified atom stereocenters. The van der Waals surface area contributed by atoms with Gasteiger partial charge in [0.2, 0.25) is 0 Å². The minimum atomic E-state index is 0.805. The molecule has 16 heavy (non-hydrogen) atoms. The molecule has 0 bridgehead atoms. The molecule has 1 aliphatic rings. The van der Waals surface area contributed by atoms with Crippen molar-refractivity contribution >= 4 is 11.9 Å². The molecule has 1 saturated heterocycles. The van der Waals surface area contributed by atoms with Crippen LogP contribution in [-0.2, 0) is 4.74 Å². The number of nitrogens with zero attached hydrogens (tertiary/aromatic N) is 2. The van der Waals surface area contributed by atoms with Gasteiger partial charge in [-0.1, -0.05) is 19.1 Å². The third kappa shape index (κ3) is 2.83. The molecule has 0 radical (unpaired) electrons. The smallest absolute Gasteiger partial charge is 0.128 e. The number of pyridine rings is 1. The maximum atomic E-state index is 5.32. The van der Waals surface area contributed by atoms with Gasteiger partial charge in [-0.05, 0) is 24.1 Å². The average molecular weight is 218 g/mol. The third-order valence-electron chi connectivity index (χ3n) is 2.65. The van der Waals surface area contributed by atoms with Gasteiger partial charge in [-0.3, -0.25) is 0 Å². The number of rotatable bonds is 3. The molecule has 2 rings (SSSR count). The quantitative estimate of drug-likeness (QED) is 0.778. The van der Waals surface area contributed by atoms with E-state index in [1.165, 1.54) is 5.56 Å². The minimum absolute atomic E-state index is 0.805. The first-order valence-corrected chi connectivity index (χ1v) is 5.85. The first kappa shape index (κ1) is 11.1. The number of morpholine rings is 1. The molecule has 0 aromatic carbocycles. The van der Waals surface area contributed by atoms with Crippen LogP contribution in [0.25, 0.3) is 6.08 Å². The molecule has 2 heterocycles. The van der Waals surface area contributed by atoms with Crippen LogP contribution in [0.3, 0.4) is 0 Å². The Hall–Kier alpha value is -1.35. The van der Waals surface area contributed by atoms with Crippen molar-refractivity contribution in [2.75, 3.05) is 31.2 Å². The number of aromatic nitrogens is 1. The van der Waals surface area contributed by atoms with Gasteiger partial charge in [0, 0.05) is 19.3 Å². The second-order valence-electron chi connectivity index (χ2n) is 3.86. The summed E-state index contributed by atoms with van der Waals surface area (Å²) in [6.45, 7) is 5.62. The lowest BCUT2D eigenvalue weighted by atomic mass is 10.2. The monoisotopic (exact) mass is 218 g/mol. The van der Waals surface area contributed by atoms with E-state index >= 15 is 0 Å². The van der Waals surface area contributed by atoms with E-state index in [2.05, 4.69) is 41.1 Å². The average Bonchev–Trinajstić information content (AvgIpc) is 2.38. The van der Waals surface area contributed by atoms with E-state index in [1.807, 2.05) is 6.20 Å². The lowest BCUT2D eigenvalue weighted by Crippen LogP contribution is -2.36. The molecule has 86 valence electrons. The molecule has 3 nitrogen and oxygen atoms in total. The lowest BCUT2D eigenvalue weighted by molar-refractivity contribution is 0.122. The first-order chi connectivity index (χ1) is 7.90. The van der Waals surface area contributed by atoms with Gasteiger partial charge < -0.3 is 9.64 Å². The predicted molar refractivity (Wildman–Crippen MR) is 66.6 cm³/mol. The van der Waals surface area contributed by atoms with Crippen molar-refractivity contribution in [2.45, 2.75) is 13.3 Å². The van der Waals surface area contributed by atoms with E-state index in [-0.39, 0.29) is 0 Å². The summed E-state index contributed by atoms with van der Waals surface area (Å²) in [7, 11) is 0. The molecule has 1 aromatic rings. The normalized spacial score (nSPS) is 16.9. The number of anilines is 1. The Morgan fingerprint density at radius 3 is 2.81 bits per heavy atom. The summed E-state index contributed by atoms with van der Waals surface area (Å²) in [6, 6.07) is 4.20. The van der Waals surface area contributed by atoms with Crippen molar-refractivity contribution in [2.24, 2.45) is 0 Å². The standard InChI is InChI=1S/C13H18N2O/c1-2-3-4-12-5-6-13(14-11-12)15-7-9-16-10-8-15/h3-6,11H,2,7-10H2,1H3/b4-3+. The van der Waals surface area contributed by atoms with E-state index in [4.69, 9.17) is 4.74 Å². The molecule has 0 amide bonds. The Balaban J connectivity index is 2.03. The van der Waals surface area contributed by atoms with E-state index in [0.717, 1.165) is 38.5 Å². The molecular weight excluding hydrogens is 200 g/mol. The zero-order chi connectivity index (χ0) is 11.2. The largest absolute Gasteiger partial charge is 0.378 e. The highest BCUT2D eigenvalue weighted by atomic mass is 16.5. The van der Waals surface area contributed by atoms with Crippen molar-refractivity contribution in [3.63, 3.8) is 0 Å². The number of ether oxygens (including phenoxy) is 1. The highest BCUT2D eigenvalue weighted by Crippen LogP contribution is 2.13. The summed E-state index contributed by atoms with van der Waals surface area (Å²) in [5.74, 6) is 1.05. The molecule has 1 fully saturated rings. The molecular formula is C13H18N2O. The van der Waals surface area contributed by atoms with Crippen LogP contribution in [0.15, 0.2) is 24.4 Å². The molecule has 0 aliphatic carbocycles. The van der Waals surface area contributed by atoms with Crippen molar-refractivity contribution in [3.05, 3.63) is 30.0 Å². The number of hydrogen-bond donors (Lipinski definition) is 0. The zero-order valence-electron chi connectivity index (χ0n) is 9.72. The van der Waals surface area contributed by atoms with Crippen LogP contribution in [0.2, 0.25) is 0 Å². The van der Waals surface area contributed by atoms with E-state index in [1.54, 1.807) is 0 Å². The van der Waals surface area contributed by atoms with Gasteiger partial charge in [-0.15, -0.1) is 0 Å². The minimum Gasteiger partial charge on any atom is -0.378 e. The molecule has 0 saturated carbocycles.